The van der Waals surface area contributed by atoms with Gasteiger partial charge in [-0.15, -0.1) is 11.3 Å². The average molecular weight is 252 g/mol. The van der Waals surface area contributed by atoms with E-state index in [-0.39, 0.29) is 10.7 Å². The summed E-state index contributed by atoms with van der Waals surface area (Å²) in [5, 5.41) is 12.7. The number of aromatic nitrogens is 1. The maximum absolute atomic E-state index is 11.6. The van der Waals surface area contributed by atoms with Crippen LogP contribution in [0.1, 0.15) is 25.9 Å². The summed E-state index contributed by atoms with van der Waals surface area (Å²) >= 11 is 0.996. The van der Waals surface area contributed by atoms with Gasteiger partial charge in [0.1, 0.15) is 0 Å². The van der Waals surface area contributed by atoms with Crippen LogP contribution in [-0.4, -0.2) is 22.0 Å². The minimum atomic E-state index is -1.14. The van der Waals surface area contributed by atoms with Crippen molar-refractivity contribution in [3.05, 3.63) is 40.2 Å². The van der Waals surface area contributed by atoms with E-state index in [0.29, 0.717) is 6.54 Å². The number of rotatable bonds is 4. The highest BCUT2D eigenvalue weighted by Crippen LogP contribution is 2.10. The molecule has 0 aromatic carbocycles. The number of thiazole rings is 1. The Hall–Kier alpha value is -2.15. The summed E-state index contributed by atoms with van der Waals surface area (Å²) < 4.78 is 4.85. The van der Waals surface area contributed by atoms with Gasteiger partial charge in [-0.1, -0.05) is 0 Å². The summed E-state index contributed by atoms with van der Waals surface area (Å²) in [5.74, 6) is -1.54. The number of carbonyl (C=O) groups is 2. The molecule has 0 aliphatic carbocycles. The van der Waals surface area contributed by atoms with Gasteiger partial charge < -0.3 is 14.8 Å². The number of carbonyl (C=O) groups excluding carboxylic acids is 1. The second-order valence-corrected chi connectivity index (χ2v) is 4.02. The molecule has 7 heteroatoms. The highest BCUT2D eigenvalue weighted by molar-refractivity contribution is 7.11. The lowest BCUT2D eigenvalue weighted by Crippen LogP contribution is -2.22. The lowest BCUT2D eigenvalue weighted by atomic mass is 10.3. The number of carboxylic acids is 1. The highest BCUT2D eigenvalue weighted by atomic mass is 32.1. The van der Waals surface area contributed by atoms with E-state index in [4.69, 9.17) is 9.52 Å². The third-order valence-corrected chi connectivity index (χ3v) is 2.79. The zero-order chi connectivity index (χ0) is 12.3. The molecule has 0 bridgehead atoms. The van der Waals surface area contributed by atoms with Gasteiger partial charge in [0.25, 0.3) is 5.91 Å². The second kappa shape index (κ2) is 4.79. The molecule has 2 aromatic heterocycles. The van der Waals surface area contributed by atoms with Crippen molar-refractivity contribution in [1.82, 2.24) is 10.3 Å². The highest BCUT2D eigenvalue weighted by Gasteiger charge is 2.14. The van der Waals surface area contributed by atoms with Crippen molar-refractivity contribution in [2.45, 2.75) is 6.54 Å². The van der Waals surface area contributed by atoms with Gasteiger partial charge in [0, 0.05) is 17.5 Å². The molecule has 2 rings (SSSR count). The molecule has 1 amide bonds. The molecule has 6 nitrogen and oxygen atoms in total. The Balaban J connectivity index is 1.97. The molecular formula is C10H8N2O4S. The van der Waals surface area contributed by atoms with E-state index >= 15 is 0 Å². The van der Waals surface area contributed by atoms with Crippen molar-refractivity contribution in [3.8, 4) is 0 Å². The lowest BCUT2D eigenvalue weighted by molar-refractivity contribution is 0.0691. The van der Waals surface area contributed by atoms with Gasteiger partial charge >= 0.3 is 5.97 Å². The van der Waals surface area contributed by atoms with Crippen molar-refractivity contribution in [2.75, 3.05) is 0 Å². The maximum Gasteiger partial charge on any atom is 0.355 e. The Morgan fingerprint density at radius 2 is 2.35 bits per heavy atom. The van der Waals surface area contributed by atoms with Crippen LogP contribution < -0.4 is 5.32 Å². The average Bonchev–Trinajstić information content (AvgIpc) is 2.96. The molecule has 0 saturated carbocycles. The van der Waals surface area contributed by atoms with E-state index in [1.165, 1.54) is 17.9 Å². The first-order chi connectivity index (χ1) is 8.16. The number of hydrogen-bond donors (Lipinski definition) is 2. The summed E-state index contributed by atoms with van der Waals surface area (Å²) in [7, 11) is 0. The Labute approximate surface area is 99.9 Å². The monoisotopic (exact) mass is 252 g/mol. The molecule has 2 aromatic rings. The molecule has 0 aliphatic rings. The first kappa shape index (κ1) is 11.3. The molecule has 0 unspecified atom stereocenters. The third-order valence-electron chi connectivity index (χ3n) is 1.95. The van der Waals surface area contributed by atoms with E-state index in [0.717, 1.165) is 16.9 Å². The number of aromatic carboxylic acids is 1. The number of hydrogen-bond acceptors (Lipinski definition) is 5. The van der Waals surface area contributed by atoms with Crippen LogP contribution in [0.15, 0.2) is 28.4 Å². The molecule has 0 fully saturated rings. The van der Waals surface area contributed by atoms with Crippen LogP contribution in [0.2, 0.25) is 0 Å². The van der Waals surface area contributed by atoms with E-state index in [9.17, 15) is 9.59 Å². The minimum absolute atomic E-state index is 0.122. The van der Waals surface area contributed by atoms with Crippen molar-refractivity contribution in [2.24, 2.45) is 0 Å². The Bertz CT molecular complexity index is 532. The summed E-state index contributed by atoms with van der Waals surface area (Å²) in [5.41, 5.74) is 0.705. The summed E-state index contributed by atoms with van der Waals surface area (Å²) in [6.07, 6.45) is 3.03. The van der Waals surface area contributed by atoms with E-state index in [1.54, 1.807) is 6.07 Å². The fourth-order valence-electron chi connectivity index (χ4n) is 1.13. The van der Waals surface area contributed by atoms with Crippen LogP contribution in [-0.2, 0) is 6.54 Å². The minimum Gasteiger partial charge on any atom is -0.476 e. The van der Waals surface area contributed by atoms with Gasteiger partial charge in [-0.2, -0.15) is 0 Å². The number of nitrogens with zero attached hydrogens (tertiary/aromatic N) is 1. The zero-order valence-electron chi connectivity index (χ0n) is 8.54. The van der Waals surface area contributed by atoms with Crippen LogP contribution in [0.4, 0.5) is 0 Å². The maximum atomic E-state index is 11.6. The van der Waals surface area contributed by atoms with Crippen LogP contribution in [0, 0.1) is 0 Å². The molecule has 0 atom stereocenters. The van der Waals surface area contributed by atoms with Crippen molar-refractivity contribution in [1.29, 1.82) is 0 Å². The Kier molecular flexibility index (Phi) is 3.20. The fourth-order valence-corrected chi connectivity index (χ4v) is 1.83. The molecule has 88 valence electrons. The first-order valence-corrected chi connectivity index (χ1v) is 5.53. The quantitative estimate of drug-likeness (QED) is 0.857. The van der Waals surface area contributed by atoms with Gasteiger partial charge in [-0.25, -0.2) is 9.78 Å². The molecule has 17 heavy (non-hydrogen) atoms. The summed E-state index contributed by atoms with van der Waals surface area (Å²) in [6.45, 7) is 0.317. The second-order valence-electron chi connectivity index (χ2n) is 3.16. The number of carboxylic acid groups (broad SMARTS) is 1. The van der Waals surface area contributed by atoms with Crippen LogP contribution in [0.5, 0.6) is 0 Å². The third kappa shape index (κ3) is 2.70. The predicted octanol–water partition coefficient (Wildman–Crippen LogP) is 1.36. The van der Waals surface area contributed by atoms with Crippen LogP contribution in [0.3, 0.4) is 0 Å². The number of furan rings is 1. The number of amides is 1. The Morgan fingerprint density at radius 1 is 1.53 bits per heavy atom. The molecule has 0 radical (unpaired) electrons. The molecule has 0 spiro atoms. The van der Waals surface area contributed by atoms with E-state index < -0.39 is 11.9 Å². The van der Waals surface area contributed by atoms with E-state index in [2.05, 4.69) is 10.3 Å². The zero-order valence-corrected chi connectivity index (χ0v) is 9.36. The van der Waals surface area contributed by atoms with Gasteiger partial charge in [0.15, 0.2) is 10.7 Å². The topological polar surface area (TPSA) is 92.4 Å². The predicted molar refractivity (Wildman–Crippen MR) is 59.0 cm³/mol. The van der Waals surface area contributed by atoms with Gasteiger partial charge in [0.2, 0.25) is 0 Å². The smallest absolute Gasteiger partial charge is 0.355 e. The van der Waals surface area contributed by atoms with Gasteiger partial charge in [-0.3, -0.25) is 4.79 Å². The van der Waals surface area contributed by atoms with E-state index in [1.807, 2.05) is 0 Å². The van der Waals surface area contributed by atoms with Crippen LogP contribution >= 0.6 is 11.3 Å². The molecule has 0 saturated heterocycles. The molecule has 0 aliphatic heterocycles. The lowest BCUT2D eigenvalue weighted by Gasteiger charge is -1.99. The van der Waals surface area contributed by atoms with Gasteiger partial charge in [0.05, 0.1) is 12.5 Å². The van der Waals surface area contributed by atoms with Gasteiger partial charge in [-0.05, 0) is 6.07 Å². The molecule has 2 heterocycles. The molecule has 2 N–H and O–H groups in total. The summed E-state index contributed by atoms with van der Waals surface area (Å²) in [6, 6.07) is 1.73. The van der Waals surface area contributed by atoms with Crippen LogP contribution in [0.25, 0.3) is 0 Å². The molecular weight excluding hydrogens is 244 g/mol. The Morgan fingerprint density at radius 3 is 2.94 bits per heavy atom. The standard InChI is InChI=1S/C10H8N2O4S/c13-8(11-3-6-1-2-16-4-6)9-12-7(5-17-9)10(14)15/h1-2,4-5H,3H2,(H,11,13)(H,14,15). The largest absolute Gasteiger partial charge is 0.476 e. The normalized spacial score (nSPS) is 10.1. The SMILES string of the molecule is O=C(O)c1csc(C(=O)NCc2ccoc2)n1. The summed E-state index contributed by atoms with van der Waals surface area (Å²) in [4.78, 5) is 25.9. The van der Waals surface area contributed by atoms with Crippen molar-refractivity contribution in [3.63, 3.8) is 0 Å². The number of nitrogens with one attached hydrogen (secondary N) is 1. The fraction of sp³-hybridized carbons (Fsp3) is 0.100. The van der Waals surface area contributed by atoms with Crippen molar-refractivity contribution < 1.29 is 19.1 Å². The van der Waals surface area contributed by atoms with Crippen molar-refractivity contribution >= 4 is 23.2 Å². The first-order valence-electron chi connectivity index (χ1n) is 4.65.